The molecule has 90 valence electrons. The Bertz CT molecular complexity index is 331. The molecule has 1 fully saturated rings. The molecular weight excluding hydrogens is 202 g/mol. The maximum atomic E-state index is 5.05. The van der Waals surface area contributed by atoms with E-state index in [-0.39, 0.29) is 0 Å². The van der Waals surface area contributed by atoms with Gasteiger partial charge in [0, 0.05) is 32.5 Å². The summed E-state index contributed by atoms with van der Waals surface area (Å²) in [5, 5.41) is 3.47. The molecule has 1 aliphatic carbocycles. The molecule has 16 heavy (non-hydrogen) atoms. The lowest BCUT2D eigenvalue weighted by molar-refractivity contribution is 0.191. The Morgan fingerprint density at radius 1 is 1.50 bits per heavy atom. The van der Waals surface area contributed by atoms with Gasteiger partial charge < -0.3 is 14.6 Å². The third-order valence-corrected chi connectivity index (χ3v) is 2.81. The van der Waals surface area contributed by atoms with Gasteiger partial charge in [-0.3, -0.25) is 0 Å². The van der Waals surface area contributed by atoms with Crippen LogP contribution in [0.2, 0.25) is 0 Å². The van der Waals surface area contributed by atoms with Crippen molar-refractivity contribution >= 4 is 5.95 Å². The molecule has 0 aliphatic heterocycles. The second kappa shape index (κ2) is 5.34. The number of aromatic nitrogens is 2. The van der Waals surface area contributed by atoms with Gasteiger partial charge >= 0.3 is 0 Å². The topological polar surface area (TPSA) is 39.1 Å². The summed E-state index contributed by atoms with van der Waals surface area (Å²) in [6.07, 6.45) is 6.95. The summed E-state index contributed by atoms with van der Waals surface area (Å²) in [7, 11) is 1.75. The van der Waals surface area contributed by atoms with Crippen LogP contribution in [0.4, 0.5) is 5.95 Å². The third kappa shape index (κ3) is 3.23. The highest BCUT2D eigenvalue weighted by atomic mass is 16.5. The summed E-state index contributed by atoms with van der Waals surface area (Å²) in [6.45, 7) is 3.92. The van der Waals surface area contributed by atoms with Gasteiger partial charge in [0.05, 0.1) is 5.69 Å². The van der Waals surface area contributed by atoms with Crippen LogP contribution < -0.4 is 5.32 Å². The van der Waals surface area contributed by atoms with Crippen molar-refractivity contribution in [1.82, 2.24) is 9.55 Å². The van der Waals surface area contributed by atoms with Crippen molar-refractivity contribution in [3.05, 3.63) is 11.9 Å². The Hall–Kier alpha value is -1.03. The second-order valence-corrected chi connectivity index (χ2v) is 4.52. The van der Waals surface area contributed by atoms with E-state index in [0.717, 1.165) is 37.6 Å². The van der Waals surface area contributed by atoms with E-state index in [2.05, 4.69) is 21.1 Å². The predicted molar refractivity (Wildman–Crippen MR) is 64.7 cm³/mol. The van der Waals surface area contributed by atoms with E-state index in [0.29, 0.717) is 6.04 Å². The molecule has 0 bridgehead atoms. The van der Waals surface area contributed by atoms with Crippen LogP contribution in [0.1, 0.15) is 31.4 Å². The van der Waals surface area contributed by atoms with E-state index in [1.54, 1.807) is 7.11 Å². The molecular formula is C12H21N3O. The zero-order chi connectivity index (χ0) is 11.4. The van der Waals surface area contributed by atoms with E-state index in [9.17, 15) is 0 Å². The van der Waals surface area contributed by atoms with Crippen molar-refractivity contribution < 1.29 is 4.74 Å². The van der Waals surface area contributed by atoms with Crippen molar-refractivity contribution in [1.29, 1.82) is 0 Å². The van der Waals surface area contributed by atoms with Gasteiger partial charge in [-0.2, -0.15) is 0 Å². The van der Waals surface area contributed by atoms with Crippen molar-refractivity contribution in [3.8, 4) is 0 Å². The zero-order valence-electron chi connectivity index (χ0n) is 10.2. The molecule has 4 nitrogen and oxygen atoms in total. The molecule has 0 aromatic carbocycles. The van der Waals surface area contributed by atoms with Crippen LogP contribution in [0, 0.1) is 6.92 Å². The van der Waals surface area contributed by atoms with Crippen molar-refractivity contribution in [2.75, 3.05) is 19.0 Å². The highest BCUT2D eigenvalue weighted by molar-refractivity contribution is 5.32. The number of hydrogen-bond acceptors (Lipinski definition) is 3. The maximum absolute atomic E-state index is 5.05. The fourth-order valence-corrected chi connectivity index (χ4v) is 1.77. The molecule has 0 unspecified atom stereocenters. The molecule has 2 rings (SSSR count). The van der Waals surface area contributed by atoms with E-state index in [1.165, 1.54) is 12.8 Å². The first kappa shape index (κ1) is 11.5. The number of anilines is 1. The molecule has 0 spiro atoms. The quantitative estimate of drug-likeness (QED) is 0.720. The van der Waals surface area contributed by atoms with Gasteiger partial charge in [0.15, 0.2) is 0 Å². The summed E-state index contributed by atoms with van der Waals surface area (Å²) >= 11 is 0. The molecule has 4 heteroatoms. The van der Waals surface area contributed by atoms with Gasteiger partial charge in [-0.1, -0.05) is 0 Å². The van der Waals surface area contributed by atoms with E-state index in [1.807, 2.05) is 6.92 Å². The minimum absolute atomic E-state index is 0.666. The van der Waals surface area contributed by atoms with Crippen molar-refractivity contribution in [2.24, 2.45) is 0 Å². The van der Waals surface area contributed by atoms with E-state index >= 15 is 0 Å². The van der Waals surface area contributed by atoms with E-state index in [4.69, 9.17) is 4.74 Å². The highest BCUT2D eigenvalue weighted by Gasteiger charge is 2.22. The molecule has 1 aliphatic rings. The predicted octanol–water partition coefficient (Wildman–Crippen LogP) is 2.19. The van der Waals surface area contributed by atoms with Gasteiger partial charge in [0.1, 0.15) is 0 Å². The largest absolute Gasteiger partial charge is 0.385 e. The smallest absolute Gasteiger partial charge is 0.203 e. The Morgan fingerprint density at radius 2 is 2.31 bits per heavy atom. The van der Waals surface area contributed by atoms with Crippen LogP contribution in [0.3, 0.4) is 0 Å². The molecule has 0 saturated heterocycles. The summed E-state index contributed by atoms with van der Waals surface area (Å²) in [4.78, 5) is 4.51. The Labute approximate surface area is 97.0 Å². The fraction of sp³-hybridized carbons (Fsp3) is 0.750. The Kier molecular flexibility index (Phi) is 3.83. The first-order valence-corrected chi connectivity index (χ1v) is 6.09. The van der Waals surface area contributed by atoms with Crippen LogP contribution in [0.5, 0.6) is 0 Å². The van der Waals surface area contributed by atoms with Gasteiger partial charge in [0.25, 0.3) is 0 Å². The van der Waals surface area contributed by atoms with Gasteiger partial charge in [-0.25, -0.2) is 4.98 Å². The molecule has 1 heterocycles. The van der Waals surface area contributed by atoms with Crippen LogP contribution in [0.15, 0.2) is 6.20 Å². The van der Waals surface area contributed by atoms with Crippen LogP contribution in [-0.4, -0.2) is 29.3 Å². The number of nitrogens with zero attached hydrogens (tertiary/aromatic N) is 2. The Morgan fingerprint density at radius 3 is 3.00 bits per heavy atom. The third-order valence-electron chi connectivity index (χ3n) is 2.81. The lowest BCUT2D eigenvalue weighted by atomic mass is 10.3. The molecule has 1 saturated carbocycles. The zero-order valence-corrected chi connectivity index (χ0v) is 10.2. The number of methoxy groups -OCH3 is 1. The molecule has 0 radical (unpaired) electrons. The lowest BCUT2D eigenvalue weighted by Gasteiger charge is -2.08. The summed E-state index contributed by atoms with van der Waals surface area (Å²) in [6, 6.07) is 0.666. The molecule has 1 N–H and O–H groups in total. The second-order valence-electron chi connectivity index (χ2n) is 4.52. The minimum Gasteiger partial charge on any atom is -0.385 e. The normalized spacial score (nSPS) is 15.4. The maximum Gasteiger partial charge on any atom is 0.203 e. The molecule has 1 aromatic rings. The minimum atomic E-state index is 0.666. The van der Waals surface area contributed by atoms with Crippen LogP contribution >= 0.6 is 0 Å². The average molecular weight is 223 g/mol. The monoisotopic (exact) mass is 223 g/mol. The fourth-order valence-electron chi connectivity index (χ4n) is 1.77. The van der Waals surface area contributed by atoms with Crippen LogP contribution in [-0.2, 0) is 11.3 Å². The van der Waals surface area contributed by atoms with Gasteiger partial charge in [-0.15, -0.1) is 0 Å². The summed E-state index contributed by atoms with van der Waals surface area (Å²) in [5.41, 5.74) is 1.09. The molecule has 0 amide bonds. The van der Waals surface area contributed by atoms with Crippen molar-refractivity contribution in [3.63, 3.8) is 0 Å². The SMILES string of the molecule is COCCCCn1cc(C)nc1NC1CC1. The van der Waals surface area contributed by atoms with Crippen LogP contribution in [0.25, 0.3) is 0 Å². The van der Waals surface area contributed by atoms with Crippen molar-refractivity contribution in [2.45, 2.75) is 45.2 Å². The van der Waals surface area contributed by atoms with Gasteiger partial charge in [0.2, 0.25) is 5.95 Å². The number of hydrogen-bond donors (Lipinski definition) is 1. The van der Waals surface area contributed by atoms with Gasteiger partial charge in [-0.05, 0) is 32.6 Å². The lowest BCUT2D eigenvalue weighted by Crippen LogP contribution is -2.09. The highest BCUT2D eigenvalue weighted by Crippen LogP contribution is 2.24. The summed E-state index contributed by atoms with van der Waals surface area (Å²) < 4.78 is 7.27. The number of ether oxygens (including phenoxy) is 1. The standard InChI is InChI=1S/C12H21N3O/c1-10-9-15(7-3-4-8-16-2)12(13-10)14-11-5-6-11/h9,11H,3-8H2,1-2H3,(H,13,14). The first-order chi connectivity index (χ1) is 7.79. The molecule has 0 atom stereocenters. The van der Waals surface area contributed by atoms with E-state index < -0.39 is 0 Å². The number of aryl methyl sites for hydroxylation is 2. The number of unbranched alkanes of at least 4 members (excludes halogenated alkanes) is 1. The Balaban J connectivity index is 1.85. The molecule has 1 aromatic heterocycles. The summed E-state index contributed by atoms with van der Waals surface area (Å²) in [5.74, 6) is 1.04. The average Bonchev–Trinajstić information content (AvgIpc) is 2.99. The first-order valence-electron chi connectivity index (χ1n) is 6.09. The number of imidazole rings is 1. The number of rotatable bonds is 7. The number of nitrogens with one attached hydrogen (secondary N) is 1.